The molecule has 1 amide bonds. The van der Waals surface area contributed by atoms with Crippen LogP contribution >= 0.6 is 0 Å². The Bertz CT molecular complexity index is 1130. The highest BCUT2D eigenvalue weighted by Crippen LogP contribution is 2.57. The number of hydrogen-bond donors (Lipinski definition) is 0. The first-order valence-electron chi connectivity index (χ1n) is 11.5. The Morgan fingerprint density at radius 1 is 1.00 bits per heavy atom. The fourth-order valence-electron chi connectivity index (χ4n) is 6.83. The number of nitrogens with zero attached hydrogens (tertiary/aromatic N) is 4. The van der Waals surface area contributed by atoms with Crippen LogP contribution in [0.2, 0.25) is 0 Å². The summed E-state index contributed by atoms with van der Waals surface area (Å²) in [7, 11) is 1.98. The van der Waals surface area contributed by atoms with Gasteiger partial charge in [-0.3, -0.25) is 4.57 Å². The number of aromatic nitrogens is 3. The molecule has 0 radical (unpaired) electrons. The van der Waals surface area contributed by atoms with Crippen molar-refractivity contribution in [3.8, 4) is 22.4 Å². The predicted octanol–water partition coefficient (Wildman–Crippen LogP) is 5.62. The number of rotatable bonds is 3. The van der Waals surface area contributed by atoms with Gasteiger partial charge in [-0.2, -0.15) is 4.39 Å². The summed E-state index contributed by atoms with van der Waals surface area (Å²) in [5.74, 6) is 1.88. The summed E-state index contributed by atoms with van der Waals surface area (Å²) in [4.78, 5) is 23.7. The minimum Gasteiger partial charge on any atom is -0.321 e. The number of imidazole rings is 1. The molecule has 5 nitrogen and oxygen atoms in total. The van der Waals surface area contributed by atoms with Crippen LogP contribution in [0, 0.1) is 23.7 Å². The molecule has 2 aromatic heterocycles. The van der Waals surface area contributed by atoms with Crippen molar-refractivity contribution in [1.29, 1.82) is 0 Å². The van der Waals surface area contributed by atoms with Gasteiger partial charge in [0.1, 0.15) is 6.33 Å². The first kappa shape index (κ1) is 19.6. The molecule has 164 valence electrons. The van der Waals surface area contributed by atoms with E-state index in [1.165, 1.54) is 31.5 Å². The highest BCUT2D eigenvalue weighted by Gasteiger charge is 2.54. The van der Waals surface area contributed by atoms with Crippen LogP contribution in [0.3, 0.4) is 0 Å². The van der Waals surface area contributed by atoms with Gasteiger partial charge in [0.15, 0.2) is 0 Å². The number of amides is 1. The maximum atomic E-state index is 13.4. The van der Waals surface area contributed by atoms with Gasteiger partial charge in [0.05, 0.1) is 5.69 Å². The summed E-state index contributed by atoms with van der Waals surface area (Å²) in [5, 5.41) is 0. The van der Waals surface area contributed by atoms with Gasteiger partial charge in [-0.1, -0.05) is 18.2 Å². The quantitative estimate of drug-likeness (QED) is 0.507. The Hall–Kier alpha value is -3.02. The number of carbonyl (C=O) groups is 1. The topological polar surface area (TPSA) is 51.0 Å². The van der Waals surface area contributed by atoms with Crippen molar-refractivity contribution in [3.63, 3.8) is 0 Å². The maximum absolute atomic E-state index is 13.4. The molecule has 4 aliphatic carbocycles. The largest absolute Gasteiger partial charge is 0.329 e. The van der Waals surface area contributed by atoms with Crippen molar-refractivity contribution >= 4 is 6.03 Å². The van der Waals surface area contributed by atoms with Crippen molar-refractivity contribution < 1.29 is 9.18 Å². The molecule has 1 aromatic carbocycles. The molecule has 0 unspecified atom stereocenters. The Morgan fingerprint density at radius 2 is 1.69 bits per heavy atom. The van der Waals surface area contributed by atoms with Gasteiger partial charge in [-0.05, 0) is 80.0 Å². The molecule has 7 rings (SSSR count). The van der Waals surface area contributed by atoms with E-state index in [0.717, 1.165) is 59.4 Å². The molecule has 0 spiro atoms. The van der Waals surface area contributed by atoms with Crippen LogP contribution < -0.4 is 0 Å². The minimum absolute atomic E-state index is 0.00425. The van der Waals surface area contributed by atoms with Crippen molar-refractivity contribution in [1.82, 2.24) is 19.4 Å². The zero-order valence-corrected chi connectivity index (χ0v) is 18.2. The summed E-state index contributed by atoms with van der Waals surface area (Å²) in [5.41, 5.74) is 3.45. The molecule has 4 aliphatic rings. The van der Waals surface area contributed by atoms with Crippen LogP contribution in [0.1, 0.15) is 38.5 Å². The summed E-state index contributed by atoms with van der Waals surface area (Å²) >= 11 is 0. The first-order chi connectivity index (χ1) is 15.5. The van der Waals surface area contributed by atoms with E-state index in [1.54, 1.807) is 17.0 Å². The number of halogens is 1. The van der Waals surface area contributed by atoms with E-state index in [-0.39, 0.29) is 11.6 Å². The lowest BCUT2D eigenvalue weighted by atomic mass is 9.52. The third kappa shape index (κ3) is 3.24. The van der Waals surface area contributed by atoms with Crippen LogP contribution in [0.5, 0.6) is 0 Å². The van der Waals surface area contributed by atoms with Crippen LogP contribution in [-0.4, -0.2) is 38.1 Å². The number of benzene rings is 1. The number of hydrogen-bond acceptors (Lipinski definition) is 3. The van der Waals surface area contributed by atoms with E-state index in [9.17, 15) is 9.18 Å². The van der Waals surface area contributed by atoms with E-state index >= 15 is 0 Å². The fraction of sp³-hybridized carbons (Fsp3) is 0.423. The second kappa shape index (κ2) is 7.26. The van der Waals surface area contributed by atoms with Crippen molar-refractivity contribution in [3.05, 3.63) is 61.1 Å². The van der Waals surface area contributed by atoms with Crippen LogP contribution in [-0.2, 0) is 0 Å². The molecular formula is C26H27FN4O. The second-order valence-electron chi connectivity index (χ2n) is 10.1. The van der Waals surface area contributed by atoms with Gasteiger partial charge in [-0.25, -0.2) is 14.8 Å². The molecule has 0 N–H and O–H groups in total. The standard InChI is InChI=1S/C26H27FN4O/c1-30(26-11-17-7-18(12-26)9-19(8-17)13-26)25(32)31-15-23(29-16-31)21-4-2-3-20(10-21)22-5-6-24(27)28-14-22/h2-6,10,14-19H,7-9,11-13H2,1H3. The third-order valence-electron chi connectivity index (χ3n) is 8.03. The number of carbonyl (C=O) groups excluding carboxylic acids is 1. The average molecular weight is 431 g/mol. The molecule has 32 heavy (non-hydrogen) atoms. The summed E-state index contributed by atoms with van der Waals surface area (Å²) < 4.78 is 14.8. The van der Waals surface area contributed by atoms with Gasteiger partial charge in [0.2, 0.25) is 5.95 Å². The summed E-state index contributed by atoms with van der Waals surface area (Å²) in [6, 6.07) is 10.9. The first-order valence-corrected chi connectivity index (χ1v) is 11.5. The van der Waals surface area contributed by atoms with Gasteiger partial charge < -0.3 is 4.90 Å². The summed E-state index contributed by atoms with van der Waals surface area (Å²) in [6.07, 6.45) is 12.5. The lowest BCUT2D eigenvalue weighted by molar-refractivity contribution is -0.0620. The second-order valence-corrected chi connectivity index (χ2v) is 10.1. The van der Waals surface area contributed by atoms with E-state index in [0.29, 0.717) is 0 Å². The smallest absolute Gasteiger partial charge is 0.321 e. The molecule has 0 saturated heterocycles. The van der Waals surface area contributed by atoms with Gasteiger partial charge >= 0.3 is 6.03 Å². The molecule has 4 saturated carbocycles. The highest BCUT2D eigenvalue weighted by atomic mass is 19.1. The summed E-state index contributed by atoms with van der Waals surface area (Å²) in [6.45, 7) is 0. The highest BCUT2D eigenvalue weighted by molar-refractivity contribution is 5.79. The van der Waals surface area contributed by atoms with Gasteiger partial charge in [0, 0.05) is 36.1 Å². The lowest BCUT2D eigenvalue weighted by Gasteiger charge is -2.59. The van der Waals surface area contributed by atoms with E-state index in [4.69, 9.17) is 0 Å². The maximum Gasteiger partial charge on any atom is 0.329 e. The molecule has 0 aliphatic heterocycles. The Balaban J connectivity index is 1.25. The average Bonchev–Trinajstić information content (AvgIpc) is 3.28. The Morgan fingerprint density at radius 3 is 2.34 bits per heavy atom. The molecule has 4 fully saturated rings. The zero-order chi connectivity index (χ0) is 21.9. The number of pyridine rings is 1. The molecular weight excluding hydrogens is 403 g/mol. The van der Waals surface area contributed by atoms with Gasteiger partial charge in [-0.15, -0.1) is 0 Å². The molecule has 3 aromatic rings. The van der Waals surface area contributed by atoms with E-state index < -0.39 is 5.95 Å². The fourth-order valence-corrected chi connectivity index (χ4v) is 6.83. The third-order valence-corrected chi connectivity index (χ3v) is 8.03. The van der Waals surface area contributed by atoms with E-state index in [2.05, 4.69) is 9.97 Å². The van der Waals surface area contributed by atoms with Gasteiger partial charge in [0.25, 0.3) is 0 Å². The molecule has 4 bridgehead atoms. The molecule has 2 heterocycles. The van der Waals surface area contributed by atoms with Crippen molar-refractivity contribution in [2.45, 2.75) is 44.1 Å². The minimum atomic E-state index is -0.495. The zero-order valence-electron chi connectivity index (χ0n) is 18.2. The lowest BCUT2D eigenvalue weighted by Crippen LogP contribution is -2.60. The predicted molar refractivity (Wildman–Crippen MR) is 120 cm³/mol. The molecule has 6 heteroatoms. The SMILES string of the molecule is CN(C(=O)n1cnc(-c2cccc(-c3ccc(F)nc3)c2)c1)C12CC3CC(CC(C3)C1)C2. The Kier molecular flexibility index (Phi) is 4.46. The van der Waals surface area contributed by atoms with Crippen molar-refractivity contribution in [2.24, 2.45) is 17.8 Å². The van der Waals surface area contributed by atoms with Crippen molar-refractivity contribution in [2.75, 3.05) is 7.05 Å². The van der Waals surface area contributed by atoms with Crippen LogP contribution in [0.4, 0.5) is 9.18 Å². The monoisotopic (exact) mass is 430 g/mol. The normalized spacial score (nSPS) is 28.1. The van der Waals surface area contributed by atoms with Crippen LogP contribution in [0.15, 0.2) is 55.1 Å². The molecule has 0 atom stereocenters. The van der Waals surface area contributed by atoms with Crippen LogP contribution in [0.25, 0.3) is 22.4 Å². The van der Waals surface area contributed by atoms with E-state index in [1.807, 2.05) is 42.4 Å². The Labute approximate surface area is 187 Å².